The number of nitrogens with zero attached hydrogens (tertiary/aromatic N) is 3. The number of rotatable bonds is 3. The van der Waals surface area contributed by atoms with Gasteiger partial charge in [0.15, 0.2) is 0 Å². The Balaban J connectivity index is 1.82. The maximum atomic E-state index is 13.4. The largest absolute Gasteiger partial charge is 0.375 e. The Morgan fingerprint density at radius 3 is 2.72 bits per heavy atom. The second kappa shape index (κ2) is 6.45. The van der Waals surface area contributed by atoms with Crippen LogP contribution in [0.25, 0.3) is 11.0 Å². The Labute approximate surface area is 150 Å². The number of morpholine rings is 1. The van der Waals surface area contributed by atoms with Crippen LogP contribution in [0.5, 0.6) is 0 Å². The average Bonchev–Trinajstić information content (AvgIpc) is 3.11. The van der Waals surface area contributed by atoms with Crippen LogP contribution in [0.1, 0.15) is 18.5 Å². The molecule has 8 heteroatoms. The quantitative estimate of drug-likeness (QED) is 0.704. The zero-order valence-electron chi connectivity index (χ0n) is 13.6. The van der Waals surface area contributed by atoms with Crippen LogP contribution in [0, 0.1) is 0 Å². The highest BCUT2D eigenvalue weighted by atomic mass is 32.2. The van der Waals surface area contributed by atoms with Gasteiger partial charge in [-0.15, -0.1) is 0 Å². The number of sulfonamides is 1. The number of aromatic nitrogens is 2. The summed E-state index contributed by atoms with van der Waals surface area (Å²) in [4.78, 5) is 0.203. The van der Waals surface area contributed by atoms with Crippen LogP contribution in [0.2, 0.25) is 0 Å². The molecular weight excluding hydrogens is 358 g/mol. The zero-order chi connectivity index (χ0) is 17.4. The van der Waals surface area contributed by atoms with Gasteiger partial charge in [0.05, 0.1) is 30.5 Å². The summed E-state index contributed by atoms with van der Waals surface area (Å²) in [6.45, 7) is 2.51. The van der Waals surface area contributed by atoms with Crippen LogP contribution in [-0.2, 0) is 14.8 Å². The first-order chi connectivity index (χ1) is 12.1. The average molecular weight is 375 g/mol. The van der Waals surface area contributed by atoms with Gasteiger partial charge in [-0.1, -0.05) is 36.4 Å². The highest BCUT2D eigenvalue weighted by Crippen LogP contribution is 2.33. The van der Waals surface area contributed by atoms with Gasteiger partial charge in [0.25, 0.3) is 0 Å². The van der Waals surface area contributed by atoms with Crippen molar-refractivity contribution in [3.63, 3.8) is 0 Å². The molecule has 0 radical (unpaired) electrons. The Morgan fingerprint density at radius 1 is 1.12 bits per heavy atom. The van der Waals surface area contributed by atoms with E-state index in [4.69, 9.17) is 4.74 Å². The first-order valence-corrected chi connectivity index (χ1v) is 10.1. The van der Waals surface area contributed by atoms with E-state index in [-0.39, 0.29) is 17.0 Å². The van der Waals surface area contributed by atoms with Crippen LogP contribution in [0.4, 0.5) is 0 Å². The molecule has 0 saturated carbocycles. The molecule has 0 spiro atoms. The summed E-state index contributed by atoms with van der Waals surface area (Å²) in [7, 11) is -3.73. The number of fused-ring (bicyclic) bond motifs is 1. The Kier molecular flexibility index (Phi) is 4.28. The molecule has 1 fully saturated rings. The third kappa shape index (κ3) is 2.95. The summed E-state index contributed by atoms with van der Waals surface area (Å²) >= 11 is 1.02. The predicted molar refractivity (Wildman–Crippen MR) is 95.9 cm³/mol. The minimum atomic E-state index is -3.73. The summed E-state index contributed by atoms with van der Waals surface area (Å²) in [6, 6.07) is 14.3. The van der Waals surface area contributed by atoms with Crippen LogP contribution in [-0.4, -0.2) is 40.7 Å². The van der Waals surface area contributed by atoms with E-state index in [0.29, 0.717) is 24.2 Å². The molecule has 0 bridgehead atoms. The second-order valence-electron chi connectivity index (χ2n) is 6.03. The molecule has 25 heavy (non-hydrogen) atoms. The van der Waals surface area contributed by atoms with Crippen molar-refractivity contribution in [2.24, 2.45) is 0 Å². The third-order valence-electron chi connectivity index (χ3n) is 4.34. The molecule has 2 heterocycles. The van der Waals surface area contributed by atoms with Crippen molar-refractivity contribution in [3.8, 4) is 0 Å². The summed E-state index contributed by atoms with van der Waals surface area (Å²) in [5, 5.41) is 0. The van der Waals surface area contributed by atoms with Gasteiger partial charge in [-0.2, -0.15) is 13.1 Å². The third-order valence-corrected chi connectivity index (χ3v) is 6.79. The summed E-state index contributed by atoms with van der Waals surface area (Å²) < 4.78 is 42.5. The van der Waals surface area contributed by atoms with Gasteiger partial charge in [-0.3, -0.25) is 0 Å². The van der Waals surface area contributed by atoms with Crippen LogP contribution in [0.15, 0.2) is 53.4 Å². The SMILES string of the molecule is CC1CN(S(=O)(=O)c2cccc3nsnc23)C(c2ccccc2)CO1. The number of hydrogen-bond donors (Lipinski definition) is 0. The fourth-order valence-corrected chi connectivity index (χ4v) is 5.52. The standard InChI is InChI=1S/C17H17N3O3S2/c1-12-10-20(15(11-23-12)13-6-3-2-4-7-13)25(21,22)16-9-5-8-14-17(16)19-24-18-14/h2-9,12,15H,10-11H2,1H3. The lowest BCUT2D eigenvalue weighted by molar-refractivity contribution is -0.0231. The van der Waals surface area contributed by atoms with E-state index in [1.165, 1.54) is 4.31 Å². The van der Waals surface area contributed by atoms with Crippen molar-refractivity contribution in [1.82, 2.24) is 13.1 Å². The molecule has 0 aliphatic carbocycles. The molecule has 6 nitrogen and oxygen atoms in total. The van der Waals surface area contributed by atoms with E-state index < -0.39 is 10.0 Å². The van der Waals surface area contributed by atoms with E-state index >= 15 is 0 Å². The topological polar surface area (TPSA) is 72.4 Å². The smallest absolute Gasteiger partial charge is 0.246 e. The summed E-state index contributed by atoms with van der Waals surface area (Å²) in [5.41, 5.74) is 1.95. The molecular formula is C17H17N3O3S2. The van der Waals surface area contributed by atoms with Gasteiger partial charge < -0.3 is 4.74 Å². The Bertz CT molecular complexity index is 989. The lowest BCUT2D eigenvalue weighted by atomic mass is 10.1. The molecule has 0 N–H and O–H groups in total. The molecule has 1 aromatic heterocycles. The number of benzene rings is 2. The Hall–Kier alpha value is -1.87. The van der Waals surface area contributed by atoms with Gasteiger partial charge in [-0.05, 0) is 24.6 Å². The number of hydrogen-bond acceptors (Lipinski definition) is 6. The van der Waals surface area contributed by atoms with E-state index in [9.17, 15) is 8.42 Å². The first-order valence-electron chi connectivity index (χ1n) is 7.97. The van der Waals surface area contributed by atoms with Crippen molar-refractivity contribution in [1.29, 1.82) is 0 Å². The van der Waals surface area contributed by atoms with Gasteiger partial charge in [0, 0.05) is 6.54 Å². The van der Waals surface area contributed by atoms with Crippen molar-refractivity contribution < 1.29 is 13.2 Å². The Morgan fingerprint density at radius 2 is 1.92 bits per heavy atom. The molecule has 1 saturated heterocycles. The van der Waals surface area contributed by atoms with Gasteiger partial charge in [-0.25, -0.2) is 8.42 Å². The highest BCUT2D eigenvalue weighted by molar-refractivity contribution is 7.89. The molecule has 1 aliphatic heterocycles. The van der Waals surface area contributed by atoms with Gasteiger partial charge in [0.2, 0.25) is 10.0 Å². The van der Waals surface area contributed by atoms with Crippen LogP contribution >= 0.6 is 11.7 Å². The predicted octanol–water partition coefficient (Wildman–Crippen LogP) is 2.84. The van der Waals surface area contributed by atoms with Gasteiger partial charge >= 0.3 is 0 Å². The minimum absolute atomic E-state index is 0.164. The normalized spacial score (nSPS) is 22.3. The molecule has 4 rings (SSSR count). The lowest BCUT2D eigenvalue weighted by Gasteiger charge is -2.37. The fraction of sp³-hybridized carbons (Fsp3) is 0.294. The maximum Gasteiger partial charge on any atom is 0.246 e. The van der Waals surface area contributed by atoms with Crippen LogP contribution in [0.3, 0.4) is 0 Å². The molecule has 2 unspecified atom stereocenters. The van der Waals surface area contributed by atoms with Crippen molar-refractivity contribution >= 4 is 32.8 Å². The van der Waals surface area contributed by atoms with Crippen molar-refractivity contribution in [2.75, 3.05) is 13.2 Å². The molecule has 1 aliphatic rings. The van der Waals surface area contributed by atoms with Gasteiger partial charge in [0.1, 0.15) is 15.9 Å². The molecule has 3 aromatic rings. The van der Waals surface area contributed by atoms with E-state index in [0.717, 1.165) is 17.3 Å². The monoisotopic (exact) mass is 375 g/mol. The number of ether oxygens (including phenoxy) is 1. The maximum absolute atomic E-state index is 13.4. The molecule has 0 amide bonds. The molecule has 2 aromatic carbocycles. The van der Waals surface area contributed by atoms with Crippen LogP contribution < -0.4 is 0 Å². The van der Waals surface area contributed by atoms with Crippen molar-refractivity contribution in [3.05, 3.63) is 54.1 Å². The highest BCUT2D eigenvalue weighted by Gasteiger charge is 2.38. The van der Waals surface area contributed by atoms with E-state index in [2.05, 4.69) is 8.75 Å². The second-order valence-corrected chi connectivity index (χ2v) is 8.42. The first kappa shape index (κ1) is 16.6. The molecule has 2 atom stereocenters. The van der Waals surface area contributed by atoms with E-state index in [1.807, 2.05) is 37.3 Å². The lowest BCUT2D eigenvalue weighted by Crippen LogP contribution is -2.46. The summed E-state index contributed by atoms with van der Waals surface area (Å²) in [5.74, 6) is 0. The van der Waals surface area contributed by atoms with Crippen molar-refractivity contribution in [2.45, 2.75) is 24.0 Å². The minimum Gasteiger partial charge on any atom is -0.375 e. The molecule has 130 valence electrons. The van der Waals surface area contributed by atoms with E-state index in [1.54, 1.807) is 18.2 Å². The zero-order valence-corrected chi connectivity index (χ0v) is 15.2. The summed E-state index contributed by atoms with van der Waals surface area (Å²) in [6.07, 6.45) is -0.164. The fourth-order valence-electron chi connectivity index (χ4n) is 3.09.